The third kappa shape index (κ3) is 16.3. The number of aromatic nitrogens is 2. The normalized spacial score (nSPS) is 15.5. The molecule has 0 spiro atoms. The highest BCUT2D eigenvalue weighted by molar-refractivity contribution is 6.63. The van der Waals surface area contributed by atoms with E-state index in [0.29, 0.717) is 12.4 Å². The van der Waals surface area contributed by atoms with Crippen LogP contribution in [-0.4, -0.2) is 52.4 Å². The molecule has 8 nitrogen and oxygen atoms in total. The first kappa shape index (κ1) is 65.8. The highest BCUT2D eigenvalue weighted by atomic mass is 16.7. The molecule has 0 atom stereocenters. The van der Waals surface area contributed by atoms with Crippen LogP contribution in [0.1, 0.15) is 230 Å². The number of ether oxygens (including phenoxy) is 2. The van der Waals surface area contributed by atoms with Gasteiger partial charge in [0.1, 0.15) is 17.6 Å². The Balaban J connectivity index is 1.32. The predicted molar refractivity (Wildman–Crippen MR) is 363 cm³/mol. The van der Waals surface area contributed by atoms with Crippen LogP contribution in [0.25, 0.3) is 54.7 Å². The average Bonchev–Trinajstić information content (AvgIpc) is 1.68. The lowest BCUT2D eigenvalue weighted by atomic mass is 9.78. The van der Waals surface area contributed by atoms with Gasteiger partial charge in [0.15, 0.2) is 0 Å². The van der Waals surface area contributed by atoms with E-state index in [-0.39, 0.29) is 0 Å². The van der Waals surface area contributed by atoms with Gasteiger partial charge in [-0.15, -0.1) is 6.42 Å². The van der Waals surface area contributed by atoms with Gasteiger partial charge in [0, 0.05) is 92.6 Å². The van der Waals surface area contributed by atoms with E-state index >= 15 is 0 Å². The van der Waals surface area contributed by atoms with Crippen molar-refractivity contribution >= 4 is 68.8 Å². The number of aryl methyl sites for hydroxylation is 2. The van der Waals surface area contributed by atoms with Crippen LogP contribution in [0.4, 0.5) is 0 Å². The third-order valence-corrected chi connectivity index (χ3v) is 18.7. The largest absolute Gasteiger partial charge is 0.494 e. The second-order valence-electron chi connectivity index (χ2n) is 26.3. The molecule has 0 amide bonds. The standard InChI is InChI=1S/C76H98B2N2O6/c1-13-17-21-25-29-33-37-41-49-79-67-47-45-59(77-83-73(5,6)74(7,8)84-77)53-61(67)63-55-65(71(57-69(63)79)81-51-43-39-35-31-27-23-19-15-3)66-56-64-62-54-60(78-85-75(9,10)76(11,12)86-78)46-48-68(62)80(50-42-38-34-30-26-22-18-14-2)70(64)58-72(66)82-52-44-40-36-32-28-24-20-16-4/h3,45-48,53-58H,13-14,16-18,20-22,24-26,28-30,32-34,36-38,40-42,44,49-50,52H2,1-2,4-12H3. The monoisotopic (exact) mass is 1160 g/mol. The highest BCUT2D eigenvalue weighted by Crippen LogP contribution is 2.46. The van der Waals surface area contributed by atoms with Crippen LogP contribution >= 0.6 is 0 Å². The van der Waals surface area contributed by atoms with Gasteiger partial charge in [-0.25, -0.2) is 0 Å². The summed E-state index contributed by atoms with van der Waals surface area (Å²) < 4.78 is 45.8. The maximum Gasteiger partial charge on any atom is 0.494 e. The lowest BCUT2D eigenvalue weighted by molar-refractivity contribution is 0.00578. The molecule has 454 valence electrons. The zero-order valence-electron chi connectivity index (χ0n) is 54.4. The van der Waals surface area contributed by atoms with Gasteiger partial charge in [-0.2, -0.15) is 0 Å². The van der Waals surface area contributed by atoms with Crippen molar-refractivity contribution in [2.75, 3.05) is 6.61 Å². The summed E-state index contributed by atoms with van der Waals surface area (Å²) in [5.41, 5.74) is 6.37. The quantitative estimate of drug-likeness (QED) is 0.0238. The van der Waals surface area contributed by atoms with Gasteiger partial charge in [-0.1, -0.05) is 180 Å². The van der Waals surface area contributed by atoms with Crippen molar-refractivity contribution in [3.63, 3.8) is 0 Å². The fraction of sp³-hybridized carbons (Fsp3) is 0.553. The Bertz CT molecular complexity index is 3530. The number of rotatable bonds is 32. The van der Waals surface area contributed by atoms with E-state index in [1.807, 2.05) is 0 Å². The van der Waals surface area contributed by atoms with Gasteiger partial charge in [0.05, 0.1) is 40.0 Å². The van der Waals surface area contributed by atoms with E-state index in [4.69, 9.17) is 34.5 Å². The number of nitrogens with zero attached hydrogens (tertiary/aromatic N) is 2. The average molecular weight is 1160 g/mol. The summed E-state index contributed by atoms with van der Waals surface area (Å²) in [5, 5.41) is 4.50. The first-order valence-corrected chi connectivity index (χ1v) is 33.2. The smallest absolute Gasteiger partial charge is 0.493 e. The first-order chi connectivity index (χ1) is 41.5. The van der Waals surface area contributed by atoms with Crippen LogP contribution in [0, 0.1) is 59.9 Å². The van der Waals surface area contributed by atoms with Gasteiger partial charge in [-0.05, 0) is 134 Å². The number of terminal acetylenes is 1. The van der Waals surface area contributed by atoms with E-state index in [2.05, 4.69) is 199 Å². The first-order valence-electron chi connectivity index (χ1n) is 33.2. The molecule has 2 aliphatic rings. The number of unbranched alkanes of at least 4 members (excludes halogenated alkanes) is 21. The van der Waals surface area contributed by atoms with E-state index in [9.17, 15) is 0 Å². The molecule has 6 aromatic rings. The van der Waals surface area contributed by atoms with Crippen LogP contribution in [0.5, 0.6) is 11.5 Å². The van der Waals surface area contributed by atoms with Crippen molar-refractivity contribution < 1.29 is 28.1 Å². The molecule has 4 heterocycles. The van der Waals surface area contributed by atoms with Crippen molar-refractivity contribution in [2.24, 2.45) is 0 Å². The zero-order chi connectivity index (χ0) is 61.2. The minimum atomic E-state index is -0.521. The van der Waals surface area contributed by atoms with Crippen LogP contribution < -0.4 is 20.4 Å². The minimum absolute atomic E-state index is 0.485. The van der Waals surface area contributed by atoms with Gasteiger partial charge in [-0.3, -0.25) is 0 Å². The molecule has 2 saturated heterocycles. The summed E-state index contributed by atoms with van der Waals surface area (Å²) in [6.45, 7) is 26.1. The van der Waals surface area contributed by atoms with E-state index in [1.54, 1.807) is 0 Å². The molecule has 2 aromatic heterocycles. The molecule has 0 saturated carbocycles. The molecular formula is C76H98B2N2O6. The number of benzene rings is 4. The van der Waals surface area contributed by atoms with Gasteiger partial charge in [0.2, 0.25) is 0 Å². The third-order valence-electron chi connectivity index (χ3n) is 18.7. The Labute approximate surface area is 518 Å². The van der Waals surface area contributed by atoms with Crippen LogP contribution in [-0.2, 0) is 31.7 Å². The Morgan fingerprint density at radius 3 is 1.16 bits per heavy atom. The molecule has 8 rings (SSSR count). The summed E-state index contributed by atoms with van der Waals surface area (Å²) in [4.78, 5) is 0. The molecule has 4 aromatic carbocycles. The lowest BCUT2D eigenvalue weighted by Crippen LogP contribution is -2.41. The van der Waals surface area contributed by atoms with Gasteiger partial charge in [0.25, 0.3) is 0 Å². The summed E-state index contributed by atoms with van der Waals surface area (Å²) >= 11 is 0. The topological polar surface area (TPSA) is 65.2 Å². The maximum atomic E-state index is 7.18. The number of hydrogen-bond acceptors (Lipinski definition) is 6. The van der Waals surface area contributed by atoms with E-state index in [0.717, 1.165) is 111 Å². The molecule has 2 aliphatic heterocycles. The lowest BCUT2D eigenvalue weighted by Gasteiger charge is -2.32. The predicted octanol–water partition coefficient (Wildman–Crippen LogP) is 18.0. The van der Waals surface area contributed by atoms with Crippen molar-refractivity contribution in [1.82, 2.24) is 9.13 Å². The molecule has 0 unspecified atom stereocenters. The zero-order valence-corrected chi connectivity index (χ0v) is 54.4. The van der Waals surface area contributed by atoms with Crippen LogP contribution in [0.15, 0.2) is 60.7 Å². The van der Waals surface area contributed by atoms with Gasteiger partial charge < -0.3 is 37.2 Å². The van der Waals surface area contributed by atoms with Crippen molar-refractivity contribution in [3.05, 3.63) is 60.7 Å². The van der Waals surface area contributed by atoms with Crippen molar-refractivity contribution in [2.45, 2.75) is 266 Å². The Hall–Kier alpha value is -6.15. The van der Waals surface area contributed by atoms with Crippen LogP contribution in [0.3, 0.4) is 0 Å². The Morgan fingerprint density at radius 2 is 0.744 bits per heavy atom. The van der Waals surface area contributed by atoms with E-state index < -0.39 is 36.6 Å². The second kappa shape index (κ2) is 31.2. The Morgan fingerprint density at radius 1 is 0.395 bits per heavy atom. The molecule has 10 heteroatoms. The number of fused-ring (bicyclic) bond motifs is 6. The second-order valence-corrected chi connectivity index (χ2v) is 26.3. The fourth-order valence-electron chi connectivity index (χ4n) is 12.2. The SMILES string of the molecule is C#CC#CC#CC#CC#COc1cc2c(cc1-c1cc3c4cc(B5OC(C)(C)C(C)(C)O5)ccc4n(CCCCCCCCCC)c3cc1OCCCCCCCCCC)c1cc(B3OC(C)(C)C(C)(C)O3)ccc1n2CCCCCCCCCC. The molecule has 0 N–H and O–H groups in total. The molecule has 2 fully saturated rings. The van der Waals surface area contributed by atoms with Crippen molar-refractivity contribution in [3.8, 4) is 82.5 Å². The number of hydrogen-bond donors (Lipinski definition) is 0. The summed E-state index contributed by atoms with van der Waals surface area (Å²) in [5.74, 6) is 22.8. The minimum Gasteiger partial charge on any atom is -0.493 e. The van der Waals surface area contributed by atoms with Crippen LogP contribution in [0.2, 0.25) is 0 Å². The molecule has 0 aliphatic carbocycles. The van der Waals surface area contributed by atoms with Crippen molar-refractivity contribution in [1.29, 1.82) is 0 Å². The van der Waals surface area contributed by atoms with E-state index in [1.165, 1.54) is 128 Å². The summed E-state index contributed by atoms with van der Waals surface area (Å²) in [7, 11) is -1.03. The summed E-state index contributed by atoms with van der Waals surface area (Å²) in [6.07, 6.45) is 37.8. The van der Waals surface area contributed by atoms with Gasteiger partial charge >= 0.3 is 14.2 Å². The molecule has 86 heavy (non-hydrogen) atoms. The molecular weight excluding hydrogens is 1060 g/mol. The fourth-order valence-corrected chi connectivity index (χ4v) is 12.2. The molecule has 0 bridgehead atoms. The maximum absolute atomic E-state index is 7.18. The molecule has 0 radical (unpaired) electrons. The Kier molecular flexibility index (Phi) is 23.8. The highest BCUT2D eigenvalue weighted by Gasteiger charge is 2.53. The summed E-state index contributed by atoms with van der Waals surface area (Å²) in [6, 6.07) is 22.7.